The Morgan fingerprint density at radius 3 is 1.22 bits per heavy atom. The van der Waals surface area contributed by atoms with Crippen LogP contribution in [-0.4, -0.2) is 16.1 Å². The van der Waals surface area contributed by atoms with E-state index in [1.54, 1.807) is 0 Å². The molecule has 9 aromatic rings. The van der Waals surface area contributed by atoms with Gasteiger partial charge in [0.2, 0.25) is 0 Å². The van der Waals surface area contributed by atoms with E-state index in [0.29, 0.717) is 11.1 Å². The van der Waals surface area contributed by atoms with Crippen LogP contribution >= 0.6 is 0 Å². The zero-order valence-corrected chi connectivity index (χ0v) is 45.1. The van der Waals surface area contributed by atoms with E-state index in [9.17, 15) is 10.5 Å². The molecule has 0 radical (unpaired) electrons. The average molecular weight is 977 g/mol. The van der Waals surface area contributed by atoms with E-state index >= 15 is 0 Å². The lowest BCUT2D eigenvalue weighted by molar-refractivity contribution is 0.660. The largest absolute Gasteiger partial charge is 0.310 e. The Morgan fingerprint density at radius 2 is 0.767 bits per heavy atom. The van der Waals surface area contributed by atoms with Crippen LogP contribution in [0.4, 0.5) is 34.1 Å². The van der Waals surface area contributed by atoms with Crippen molar-refractivity contribution >= 4 is 72.8 Å². The van der Waals surface area contributed by atoms with Gasteiger partial charge in [-0.05, 0) is 129 Å². The third kappa shape index (κ3) is 9.64. The number of fused-ring (bicyclic) bond motifs is 3. The molecule has 4 nitrogen and oxygen atoms in total. The van der Waals surface area contributed by atoms with Crippen LogP contribution in [0.5, 0.6) is 0 Å². The van der Waals surface area contributed by atoms with Crippen molar-refractivity contribution in [1.82, 2.24) is 0 Å². The number of nitriles is 2. The maximum Gasteiger partial charge on any atom is 0.0991 e. The van der Waals surface area contributed by atoms with Crippen LogP contribution in [0.3, 0.4) is 0 Å². The monoisotopic (exact) mass is 976 g/mol. The van der Waals surface area contributed by atoms with Crippen molar-refractivity contribution < 1.29 is 0 Å². The van der Waals surface area contributed by atoms with E-state index in [1.165, 1.54) is 32.6 Å². The molecule has 0 unspecified atom stereocenters. The van der Waals surface area contributed by atoms with Gasteiger partial charge in [-0.25, -0.2) is 0 Å². The fraction of sp³-hybridized carbons (Fsp3) is 0.134. The van der Waals surface area contributed by atoms with E-state index in [4.69, 9.17) is 0 Å². The lowest BCUT2D eigenvalue weighted by atomic mass is 9.81. The number of hydrogen-bond donors (Lipinski definition) is 0. The van der Waals surface area contributed by atoms with Crippen LogP contribution in [0, 0.1) is 22.7 Å². The highest BCUT2D eigenvalue weighted by Crippen LogP contribution is 2.52. The van der Waals surface area contributed by atoms with Gasteiger partial charge in [0.1, 0.15) is 0 Å². The molecule has 1 aliphatic carbocycles. The number of hydrogen-bond acceptors (Lipinski definition) is 4. The molecule has 0 saturated heterocycles. The average Bonchev–Trinajstić information content (AvgIpc) is 3.63. The zero-order valence-electron chi connectivity index (χ0n) is 43.1. The number of anilines is 6. The minimum Gasteiger partial charge on any atom is -0.310 e. The summed E-state index contributed by atoms with van der Waals surface area (Å²) in [5, 5.41) is 22.8. The summed E-state index contributed by atoms with van der Waals surface area (Å²) < 4.78 is 0. The fourth-order valence-electron chi connectivity index (χ4n) is 10.3. The highest BCUT2D eigenvalue weighted by molar-refractivity contribution is 6.89. The molecular weight excluding hydrogens is 917 g/mol. The standard InChI is InChI=1S/C67H60N4Si2/c1-67(2)63-43-48(20-19-47-21-26-53(27-22-47)70(54-28-33-57(34-29-54)72(3,4)5)65-39-24-49(45-68)41-61(65)51-15-11-9-12-16-51)23-37-59(63)60-38-32-56(44-64(60)67)71(55-30-35-58(36-31-55)73(6,7)8)66-40-25-50(46-69)42-62(66)52-17-13-10-14-18-52/h9-44H,1-8H3/b20-19+. The summed E-state index contributed by atoms with van der Waals surface area (Å²) >= 11 is 0. The quantitative estimate of drug-likeness (QED) is 0.0904. The van der Waals surface area contributed by atoms with Gasteiger partial charge < -0.3 is 9.80 Å². The third-order valence-corrected chi connectivity index (χ3v) is 18.6. The van der Waals surface area contributed by atoms with Crippen LogP contribution in [0.15, 0.2) is 206 Å². The summed E-state index contributed by atoms with van der Waals surface area (Å²) in [6, 6.07) is 78.4. The summed E-state index contributed by atoms with van der Waals surface area (Å²) in [4.78, 5) is 4.68. The van der Waals surface area contributed by atoms with Gasteiger partial charge in [-0.15, -0.1) is 0 Å². The Kier molecular flexibility index (Phi) is 12.8. The Labute approximate surface area is 434 Å². The first-order chi connectivity index (χ1) is 35.1. The summed E-state index contributed by atoms with van der Waals surface area (Å²) in [6.07, 6.45) is 4.43. The topological polar surface area (TPSA) is 54.1 Å². The van der Waals surface area contributed by atoms with Gasteiger partial charge in [0.15, 0.2) is 0 Å². The summed E-state index contributed by atoms with van der Waals surface area (Å²) in [5.41, 5.74) is 18.8. The van der Waals surface area contributed by atoms with Crippen molar-refractivity contribution in [3.8, 4) is 45.5 Å². The Balaban J connectivity index is 0.981. The van der Waals surface area contributed by atoms with Crippen LogP contribution in [0.2, 0.25) is 39.3 Å². The second kappa shape index (κ2) is 19.4. The van der Waals surface area contributed by atoms with Gasteiger partial charge in [0, 0.05) is 39.3 Å². The van der Waals surface area contributed by atoms with Gasteiger partial charge in [-0.1, -0.05) is 197 Å². The van der Waals surface area contributed by atoms with Crippen molar-refractivity contribution in [2.45, 2.75) is 58.5 Å². The molecule has 1 aliphatic rings. The lowest BCUT2D eigenvalue weighted by Crippen LogP contribution is -2.37. The zero-order chi connectivity index (χ0) is 51.1. The first-order valence-corrected chi connectivity index (χ1v) is 32.2. The maximum atomic E-state index is 10.0. The van der Waals surface area contributed by atoms with Crippen LogP contribution in [0.25, 0.3) is 45.5 Å². The fourth-order valence-corrected chi connectivity index (χ4v) is 12.6. The molecular formula is C67H60N4Si2. The molecule has 0 N–H and O–H groups in total. The molecule has 0 aromatic heterocycles. The first-order valence-electron chi connectivity index (χ1n) is 25.2. The molecule has 6 heteroatoms. The molecule has 10 rings (SSSR count). The minimum atomic E-state index is -1.54. The molecule has 356 valence electrons. The highest BCUT2D eigenvalue weighted by atomic mass is 28.3. The minimum absolute atomic E-state index is 0.271. The molecule has 9 aromatic carbocycles. The van der Waals surface area contributed by atoms with Gasteiger partial charge in [0.05, 0.1) is 50.8 Å². The SMILES string of the molecule is CC1(C)c2cc(/C=C/c3ccc(N(c4ccc([Si](C)(C)C)cc4)c4ccc(C#N)cc4-c4ccccc4)cc3)ccc2-c2ccc(N(c3ccc([Si](C)(C)C)cc3)c3ccc(C#N)cc3-c3ccccc3)cc21. The van der Waals surface area contributed by atoms with E-state index in [-0.39, 0.29) is 5.41 Å². The molecule has 0 atom stereocenters. The second-order valence-electron chi connectivity index (χ2n) is 21.8. The molecule has 73 heavy (non-hydrogen) atoms. The van der Waals surface area contributed by atoms with Gasteiger partial charge in [0.25, 0.3) is 0 Å². The van der Waals surface area contributed by atoms with E-state index in [2.05, 4.69) is 245 Å². The number of rotatable bonds is 12. The smallest absolute Gasteiger partial charge is 0.0991 e. The first kappa shape index (κ1) is 48.4. The molecule has 0 heterocycles. The summed E-state index contributed by atoms with van der Waals surface area (Å²) in [6.45, 7) is 19.0. The van der Waals surface area contributed by atoms with Gasteiger partial charge in [-0.2, -0.15) is 10.5 Å². The van der Waals surface area contributed by atoms with Crippen LogP contribution < -0.4 is 20.2 Å². The molecule has 0 bridgehead atoms. The van der Waals surface area contributed by atoms with E-state index in [1.807, 2.05) is 48.5 Å². The second-order valence-corrected chi connectivity index (χ2v) is 31.9. The van der Waals surface area contributed by atoms with Crippen molar-refractivity contribution in [3.05, 3.63) is 240 Å². The molecule has 0 amide bonds. The highest BCUT2D eigenvalue weighted by Gasteiger charge is 2.36. The van der Waals surface area contributed by atoms with Crippen molar-refractivity contribution in [3.63, 3.8) is 0 Å². The maximum absolute atomic E-state index is 10.0. The lowest BCUT2D eigenvalue weighted by Gasteiger charge is -2.30. The Bertz CT molecular complexity index is 3610. The van der Waals surface area contributed by atoms with Crippen molar-refractivity contribution in [2.24, 2.45) is 0 Å². The molecule has 0 fully saturated rings. The normalized spacial score (nSPS) is 12.7. The van der Waals surface area contributed by atoms with Crippen molar-refractivity contribution in [2.75, 3.05) is 9.80 Å². The van der Waals surface area contributed by atoms with Crippen molar-refractivity contribution in [1.29, 1.82) is 10.5 Å². The van der Waals surface area contributed by atoms with Gasteiger partial charge in [-0.3, -0.25) is 0 Å². The number of nitrogens with zero attached hydrogens (tertiary/aromatic N) is 4. The Hall–Kier alpha value is -8.27. The molecule has 0 saturated carbocycles. The van der Waals surface area contributed by atoms with Crippen LogP contribution in [-0.2, 0) is 5.41 Å². The predicted octanol–water partition coefficient (Wildman–Crippen LogP) is 17.3. The van der Waals surface area contributed by atoms with E-state index < -0.39 is 16.1 Å². The molecule has 0 aliphatic heterocycles. The third-order valence-electron chi connectivity index (χ3n) is 14.4. The summed E-state index contributed by atoms with van der Waals surface area (Å²) in [5.74, 6) is 0. The number of benzene rings is 9. The predicted molar refractivity (Wildman–Crippen MR) is 315 cm³/mol. The van der Waals surface area contributed by atoms with E-state index in [0.717, 1.165) is 67.5 Å². The van der Waals surface area contributed by atoms with Crippen LogP contribution in [0.1, 0.15) is 47.2 Å². The van der Waals surface area contributed by atoms with Gasteiger partial charge >= 0.3 is 0 Å². The summed E-state index contributed by atoms with van der Waals surface area (Å²) in [7, 11) is -3.07. The molecule has 0 spiro atoms. The Morgan fingerprint density at radius 1 is 0.384 bits per heavy atom.